The lowest BCUT2D eigenvalue weighted by atomic mass is 10.0. The van der Waals surface area contributed by atoms with Crippen molar-refractivity contribution in [3.05, 3.63) is 96.1 Å². The van der Waals surface area contributed by atoms with Crippen molar-refractivity contribution in [1.29, 1.82) is 0 Å². The molecule has 3 aromatic carbocycles. The minimum Gasteiger partial charge on any atom is -0.480 e. The van der Waals surface area contributed by atoms with Crippen molar-refractivity contribution in [3.63, 3.8) is 0 Å². The van der Waals surface area contributed by atoms with Gasteiger partial charge < -0.3 is 9.67 Å². The molecule has 0 aliphatic carbocycles. The number of hydrogen-bond donors (Lipinski definition) is 2. The molecule has 7 nitrogen and oxygen atoms in total. The maximum atomic E-state index is 13.3. The summed E-state index contributed by atoms with van der Waals surface area (Å²) in [6.45, 7) is 0.111. The van der Waals surface area contributed by atoms with Gasteiger partial charge in [-0.15, -0.1) is 0 Å². The van der Waals surface area contributed by atoms with Crippen molar-refractivity contribution < 1.29 is 18.3 Å². The van der Waals surface area contributed by atoms with E-state index in [2.05, 4.69) is 9.71 Å². The Labute approximate surface area is 209 Å². The standard InChI is InChI=1S/C26H27N3O4S2/c30-25(31)19-29-23-15-8-7-14-22(23)28-26(29)34-17-9-16-27-35(32,33)24(21-12-5-2-6-13-21)18-20-10-3-1-4-11-20/h1-8,10-15,24,27H,9,16-19H2,(H,30,31). The van der Waals surface area contributed by atoms with Crippen LogP contribution in [0.5, 0.6) is 0 Å². The van der Waals surface area contributed by atoms with Crippen molar-refractivity contribution >= 4 is 38.8 Å². The van der Waals surface area contributed by atoms with E-state index < -0.39 is 21.2 Å². The van der Waals surface area contributed by atoms with Gasteiger partial charge in [0.15, 0.2) is 5.16 Å². The van der Waals surface area contributed by atoms with Crippen LogP contribution in [-0.2, 0) is 27.8 Å². The van der Waals surface area contributed by atoms with Gasteiger partial charge in [0.25, 0.3) is 0 Å². The molecule has 0 saturated heterocycles. The van der Waals surface area contributed by atoms with Crippen molar-refractivity contribution in [2.24, 2.45) is 0 Å². The number of sulfonamides is 1. The van der Waals surface area contributed by atoms with E-state index in [1.807, 2.05) is 84.9 Å². The molecule has 0 aliphatic heterocycles. The summed E-state index contributed by atoms with van der Waals surface area (Å²) in [5.41, 5.74) is 3.22. The van der Waals surface area contributed by atoms with E-state index in [1.54, 1.807) is 4.57 Å². The third kappa shape index (κ3) is 6.50. The number of para-hydroxylation sites is 2. The molecule has 0 aliphatic rings. The zero-order chi connectivity index (χ0) is 24.7. The number of nitrogens with one attached hydrogen (secondary N) is 1. The number of aromatic nitrogens is 2. The zero-order valence-electron chi connectivity index (χ0n) is 19.1. The van der Waals surface area contributed by atoms with E-state index in [4.69, 9.17) is 0 Å². The van der Waals surface area contributed by atoms with Gasteiger partial charge in [0.05, 0.1) is 11.0 Å². The average molecular weight is 510 g/mol. The van der Waals surface area contributed by atoms with Crippen LogP contribution in [0.1, 0.15) is 22.8 Å². The highest BCUT2D eigenvalue weighted by Gasteiger charge is 2.27. The summed E-state index contributed by atoms with van der Waals surface area (Å²) in [6.07, 6.45) is 0.959. The summed E-state index contributed by atoms with van der Waals surface area (Å²) in [7, 11) is -3.62. The van der Waals surface area contributed by atoms with Crippen LogP contribution in [-0.4, -0.2) is 41.3 Å². The number of fused-ring (bicyclic) bond motifs is 1. The second kappa shape index (κ2) is 11.5. The van der Waals surface area contributed by atoms with E-state index in [1.165, 1.54) is 11.8 Å². The fourth-order valence-electron chi connectivity index (χ4n) is 3.90. The van der Waals surface area contributed by atoms with Crippen molar-refractivity contribution in [3.8, 4) is 0 Å². The van der Waals surface area contributed by atoms with Crippen LogP contribution in [0.15, 0.2) is 90.1 Å². The Bertz CT molecular complexity index is 1370. The lowest BCUT2D eigenvalue weighted by Gasteiger charge is -2.19. The summed E-state index contributed by atoms with van der Waals surface area (Å²) in [5, 5.41) is 9.20. The summed E-state index contributed by atoms with van der Waals surface area (Å²) < 4.78 is 31.0. The number of carboxylic acid groups (broad SMARTS) is 1. The minimum absolute atomic E-state index is 0.173. The lowest BCUT2D eigenvalue weighted by Crippen LogP contribution is -2.31. The highest BCUT2D eigenvalue weighted by atomic mass is 32.2. The second-order valence-electron chi connectivity index (χ2n) is 8.09. The van der Waals surface area contributed by atoms with Gasteiger partial charge in [-0.3, -0.25) is 4.79 Å². The number of carboxylic acids is 1. The van der Waals surface area contributed by atoms with Crippen LogP contribution >= 0.6 is 11.8 Å². The van der Waals surface area contributed by atoms with E-state index in [9.17, 15) is 18.3 Å². The van der Waals surface area contributed by atoms with Gasteiger partial charge >= 0.3 is 5.97 Å². The largest absolute Gasteiger partial charge is 0.480 e. The van der Waals surface area contributed by atoms with Gasteiger partial charge in [-0.2, -0.15) is 0 Å². The summed E-state index contributed by atoms with van der Waals surface area (Å²) >= 11 is 1.43. The molecule has 0 fully saturated rings. The Balaban J connectivity index is 1.39. The third-order valence-corrected chi connectivity index (χ3v) is 8.44. The normalized spacial score (nSPS) is 12.6. The maximum Gasteiger partial charge on any atom is 0.323 e. The van der Waals surface area contributed by atoms with Crippen LogP contribution in [0.3, 0.4) is 0 Å². The Kier molecular flexibility index (Phi) is 8.22. The molecule has 4 rings (SSSR count). The van der Waals surface area contributed by atoms with Crippen molar-refractivity contribution in [2.75, 3.05) is 12.3 Å². The zero-order valence-corrected chi connectivity index (χ0v) is 20.7. The molecule has 1 heterocycles. The summed E-state index contributed by atoms with van der Waals surface area (Å²) in [4.78, 5) is 15.9. The molecule has 0 amide bonds. The molecule has 1 aromatic heterocycles. The Morgan fingerprint density at radius 2 is 1.63 bits per heavy atom. The van der Waals surface area contributed by atoms with Crippen LogP contribution in [0.4, 0.5) is 0 Å². The molecule has 0 bridgehead atoms. The van der Waals surface area contributed by atoms with E-state index in [-0.39, 0.29) is 13.1 Å². The first-order chi connectivity index (χ1) is 16.9. The molecule has 35 heavy (non-hydrogen) atoms. The molecule has 0 saturated carbocycles. The molecule has 0 spiro atoms. The summed E-state index contributed by atoms with van der Waals surface area (Å²) in [6, 6.07) is 26.3. The number of benzene rings is 3. The number of aliphatic carboxylic acids is 1. The number of nitrogens with zero attached hydrogens (tertiary/aromatic N) is 2. The number of thioether (sulfide) groups is 1. The molecule has 9 heteroatoms. The topological polar surface area (TPSA) is 101 Å². The van der Waals surface area contributed by atoms with Gasteiger partial charge in [-0.05, 0) is 36.1 Å². The van der Waals surface area contributed by atoms with E-state index in [0.29, 0.717) is 23.8 Å². The van der Waals surface area contributed by atoms with Crippen LogP contribution in [0, 0.1) is 0 Å². The first-order valence-electron chi connectivity index (χ1n) is 11.3. The number of hydrogen-bond acceptors (Lipinski definition) is 5. The first kappa shape index (κ1) is 25.0. The van der Waals surface area contributed by atoms with Gasteiger partial charge in [-0.1, -0.05) is 84.6 Å². The smallest absolute Gasteiger partial charge is 0.323 e. The monoisotopic (exact) mass is 509 g/mol. The fourth-order valence-corrected chi connectivity index (χ4v) is 6.42. The summed E-state index contributed by atoms with van der Waals surface area (Å²) in [5.74, 6) is -0.340. The van der Waals surface area contributed by atoms with Gasteiger partial charge in [0.2, 0.25) is 10.0 Å². The SMILES string of the molecule is O=C(O)Cn1c(SCCCNS(=O)(=O)C(Cc2ccccc2)c2ccccc2)nc2ccccc21. The van der Waals surface area contributed by atoms with Crippen molar-refractivity contribution in [1.82, 2.24) is 14.3 Å². The molecule has 1 atom stereocenters. The van der Waals surface area contributed by atoms with E-state index >= 15 is 0 Å². The van der Waals surface area contributed by atoms with E-state index in [0.717, 1.165) is 22.2 Å². The Hall–Kier alpha value is -3.14. The number of carbonyl (C=O) groups is 1. The fraction of sp³-hybridized carbons (Fsp3) is 0.231. The van der Waals surface area contributed by atoms with Crippen LogP contribution < -0.4 is 4.72 Å². The molecular weight excluding hydrogens is 482 g/mol. The van der Waals surface area contributed by atoms with Gasteiger partial charge in [-0.25, -0.2) is 18.1 Å². The minimum atomic E-state index is -3.62. The molecule has 1 unspecified atom stereocenters. The highest BCUT2D eigenvalue weighted by molar-refractivity contribution is 7.99. The van der Waals surface area contributed by atoms with Gasteiger partial charge in [0, 0.05) is 12.3 Å². The molecule has 4 aromatic rings. The predicted molar refractivity (Wildman–Crippen MR) is 139 cm³/mol. The Morgan fingerprint density at radius 1 is 0.971 bits per heavy atom. The maximum absolute atomic E-state index is 13.3. The third-order valence-electron chi connectivity index (χ3n) is 5.58. The van der Waals surface area contributed by atoms with Crippen molar-refractivity contribution in [2.45, 2.75) is 29.8 Å². The van der Waals surface area contributed by atoms with Crippen LogP contribution in [0.25, 0.3) is 11.0 Å². The number of rotatable bonds is 12. The Morgan fingerprint density at radius 3 is 2.34 bits per heavy atom. The first-order valence-corrected chi connectivity index (χ1v) is 13.8. The molecule has 182 valence electrons. The second-order valence-corrected chi connectivity index (χ2v) is 11.1. The molecular formula is C26H27N3O4S2. The van der Waals surface area contributed by atoms with Crippen LogP contribution in [0.2, 0.25) is 0 Å². The lowest BCUT2D eigenvalue weighted by molar-refractivity contribution is -0.137. The average Bonchev–Trinajstić information content (AvgIpc) is 3.20. The quantitative estimate of drug-likeness (QED) is 0.215. The molecule has 2 N–H and O–H groups in total. The number of imidazole rings is 1. The predicted octanol–water partition coefficient (Wildman–Crippen LogP) is 4.51. The van der Waals surface area contributed by atoms with Gasteiger partial charge in [0.1, 0.15) is 11.8 Å². The highest BCUT2D eigenvalue weighted by Crippen LogP contribution is 2.27. The molecule has 0 radical (unpaired) electrons.